The predicted molar refractivity (Wildman–Crippen MR) is 60.5 cm³/mol. The largest absolute Gasteiger partial charge is 0.477 e. The number of allylic oxidation sites excluding steroid dienone is 2. The Kier molecular flexibility index (Phi) is 2.77. The number of nitrogens with two attached hydrogens (primary N) is 1. The highest BCUT2D eigenvalue weighted by atomic mass is 32.2. The second-order valence-corrected chi connectivity index (χ2v) is 4.72. The fraction of sp³-hybridized carbons (Fsp3) is 0.400. The smallest absolute Gasteiger partial charge is 0.352 e. The van der Waals surface area contributed by atoms with Gasteiger partial charge in [-0.3, -0.25) is 9.69 Å². The summed E-state index contributed by atoms with van der Waals surface area (Å²) < 4.78 is 0. The number of hydrogen-bond donors (Lipinski definition) is 2. The molecule has 0 bridgehead atoms. The summed E-state index contributed by atoms with van der Waals surface area (Å²) >= 11 is 1.50. The van der Waals surface area contributed by atoms with Gasteiger partial charge in [-0.2, -0.15) is 0 Å². The van der Waals surface area contributed by atoms with Crippen molar-refractivity contribution in [2.45, 2.75) is 18.3 Å². The Morgan fingerprint density at radius 1 is 1.69 bits per heavy atom. The van der Waals surface area contributed by atoms with E-state index in [-0.39, 0.29) is 17.0 Å². The Hall–Kier alpha value is -1.27. The van der Waals surface area contributed by atoms with Gasteiger partial charge >= 0.3 is 5.97 Å². The van der Waals surface area contributed by atoms with Gasteiger partial charge in [0.05, 0.1) is 0 Å². The average Bonchev–Trinajstić information content (AvgIpc) is 2.27. The first-order chi connectivity index (χ1) is 7.57. The molecule has 0 saturated carbocycles. The lowest BCUT2D eigenvalue weighted by Gasteiger charge is -2.47. The van der Waals surface area contributed by atoms with E-state index < -0.39 is 12.0 Å². The number of carboxylic acids is 1. The van der Waals surface area contributed by atoms with E-state index in [1.807, 2.05) is 6.92 Å². The number of β-lactam (4-membered cyclic amide) rings is 1. The van der Waals surface area contributed by atoms with Gasteiger partial charge in [0.2, 0.25) is 5.91 Å². The molecule has 0 spiro atoms. The first-order valence-electron chi connectivity index (χ1n) is 4.87. The molecule has 6 heteroatoms. The fourth-order valence-corrected chi connectivity index (χ4v) is 3.13. The molecule has 1 saturated heterocycles. The molecule has 86 valence electrons. The normalized spacial score (nSPS) is 29.4. The van der Waals surface area contributed by atoms with Crippen LogP contribution in [0.1, 0.15) is 6.92 Å². The van der Waals surface area contributed by atoms with Gasteiger partial charge in [-0.05, 0) is 12.5 Å². The first kappa shape index (κ1) is 11.2. The lowest BCUT2D eigenvalue weighted by atomic mass is 10.0. The summed E-state index contributed by atoms with van der Waals surface area (Å²) in [5, 5.41) is 8.91. The van der Waals surface area contributed by atoms with Crippen LogP contribution in [0.5, 0.6) is 0 Å². The number of carbonyl (C=O) groups excluding carboxylic acids is 1. The zero-order valence-electron chi connectivity index (χ0n) is 8.71. The fourth-order valence-electron chi connectivity index (χ4n) is 1.87. The summed E-state index contributed by atoms with van der Waals surface area (Å²) in [5.41, 5.74) is 6.35. The van der Waals surface area contributed by atoms with Crippen molar-refractivity contribution < 1.29 is 14.7 Å². The highest BCUT2D eigenvalue weighted by Crippen LogP contribution is 2.39. The minimum Gasteiger partial charge on any atom is -0.477 e. The lowest BCUT2D eigenvalue weighted by molar-refractivity contribution is -0.147. The first-order valence-corrected chi connectivity index (χ1v) is 5.92. The maximum Gasteiger partial charge on any atom is 0.352 e. The number of rotatable bonds is 2. The van der Waals surface area contributed by atoms with Crippen molar-refractivity contribution in [1.29, 1.82) is 0 Å². The number of hydrogen-bond acceptors (Lipinski definition) is 4. The molecule has 0 radical (unpaired) electrons. The minimum atomic E-state index is -1.07. The van der Waals surface area contributed by atoms with Crippen LogP contribution in [0.25, 0.3) is 0 Å². The highest BCUT2D eigenvalue weighted by Gasteiger charge is 2.51. The molecule has 0 aromatic heterocycles. The summed E-state index contributed by atoms with van der Waals surface area (Å²) in [6.07, 6.45) is 3.49. The van der Waals surface area contributed by atoms with Crippen molar-refractivity contribution >= 4 is 23.6 Å². The van der Waals surface area contributed by atoms with Gasteiger partial charge < -0.3 is 10.8 Å². The van der Waals surface area contributed by atoms with Crippen LogP contribution in [0, 0.1) is 0 Å². The summed E-state index contributed by atoms with van der Waals surface area (Å²) in [4.78, 5) is 24.0. The molecule has 1 fully saturated rings. The van der Waals surface area contributed by atoms with E-state index in [9.17, 15) is 9.59 Å². The summed E-state index contributed by atoms with van der Waals surface area (Å²) in [6.45, 7) is 1.81. The second kappa shape index (κ2) is 3.95. The molecule has 2 heterocycles. The van der Waals surface area contributed by atoms with E-state index >= 15 is 0 Å². The minimum absolute atomic E-state index is 0.0774. The van der Waals surface area contributed by atoms with Crippen molar-refractivity contribution in [2.24, 2.45) is 5.73 Å². The van der Waals surface area contributed by atoms with E-state index in [0.717, 1.165) is 0 Å². The Balaban J connectivity index is 2.41. The number of thioether (sulfide) groups is 1. The number of carboxylic acid groups (broad SMARTS) is 1. The van der Waals surface area contributed by atoms with Crippen molar-refractivity contribution in [3.63, 3.8) is 0 Å². The van der Waals surface area contributed by atoms with Gasteiger partial charge in [-0.1, -0.05) is 12.2 Å². The Morgan fingerprint density at radius 3 is 2.94 bits per heavy atom. The third-order valence-electron chi connectivity index (χ3n) is 2.61. The van der Waals surface area contributed by atoms with Gasteiger partial charge in [0, 0.05) is 5.75 Å². The van der Waals surface area contributed by atoms with Crippen LogP contribution in [0.2, 0.25) is 0 Å². The van der Waals surface area contributed by atoms with E-state index in [2.05, 4.69) is 0 Å². The van der Waals surface area contributed by atoms with Gasteiger partial charge in [-0.25, -0.2) is 4.79 Å². The van der Waals surface area contributed by atoms with Gasteiger partial charge in [0.25, 0.3) is 0 Å². The third-order valence-corrected chi connectivity index (χ3v) is 3.93. The van der Waals surface area contributed by atoms with Crippen molar-refractivity contribution in [1.82, 2.24) is 4.90 Å². The molecule has 0 aliphatic carbocycles. The number of fused-ring (bicyclic) bond motifs is 1. The van der Waals surface area contributed by atoms with Crippen LogP contribution >= 0.6 is 11.8 Å². The van der Waals surface area contributed by atoms with E-state index in [1.165, 1.54) is 16.7 Å². The lowest BCUT2D eigenvalue weighted by Crippen LogP contribution is -2.68. The average molecular weight is 240 g/mol. The van der Waals surface area contributed by atoms with E-state index in [4.69, 9.17) is 10.8 Å². The monoisotopic (exact) mass is 240 g/mol. The zero-order chi connectivity index (χ0) is 11.9. The molecular formula is C10H12N2O3S. The molecule has 0 aromatic carbocycles. The summed E-state index contributed by atoms with van der Waals surface area (Å²) in [7, 11) is 0. The molecule has 3 N–H and O–H groups in total. The molecule has 2 unspecified atom stereocenters. The predicted octanol–water partition coefficient (Wildman–Crippen LogP) is 0.144. The van der Waals surface area contributed by atoms with Gasteiger partial charge in [0.15, 0.2) is 0 Å². The number of amides is 1. The molecule has 1 amide bonds. The Bertz CT molecular complexity index is 416. The SMILES string of the molecule is CC=CC1=C(C(=O)O)N2C(=O)C(N)C2SC1. The Labute approximate surface area is 97.0 Å². The zero-order valence-corrected chi connectivity index (χ0v) is 9.53. The molecular weight excluding hydrogens is 228 g/mol. The number of carbonyl (C=O) groups is 2. The van der Waals surface area contributed by atoms with E-state index in [1.54, 1.807) is 12.2 Å². The van der Waals surface area contributed by atoms with Gasteiger partial charge in [-0.15, -0.1) is 11.8 Å². The number of nitrogens with zero attached hydrogens (tertiary/aromatic N) is 1. The molecule has 2 aliphatic rings. The Morgan fingerprint density at radius 2 is 2.38 bits per heavy atom. The van der Waals surface area contributed by atoms with Crippen LogP contribution in [-0.2, 0) is 9.59 Å². The maximum absolute atomic E-state index is 11.5. The van der Waals surface area contributed by atoms with Crippen LogP contribution < -0.4 is 5.73 Å². The maximum atomic E-state index is 11.5. The van der Waals surface area contributed by atoms with Gasteiger partial charge in [0.1, 0.15) is 17.1 Å². The molecule has 2 aliphatic heterocycles. The number of aliphatic carboxylic acids is 1. The molecule has 2 rings (SSSR count). The highest BCUT2D eigenvalue weighted by molar-refractivity contribution is 8.00. The molecule has 16 heavy (non-hydrogen) atoms. The van der Waals surface area contributed by atoms with Crippen molar-refractivity contribution in [2.75, 3.05) is 5.75 Å². The van der Waals surface area contributed by atoms with Crippen LogP contribution in [0.15, 0.2) is 23.4 Å². The van der Waals surface area contributed by atoms with E-state index in [0.29, 0.717) is 11.3 Å². The van der Waals surface area contributed by atoms with Crippen molar-refractivity contribution in [3.05, 3.63) is 23.4 Å². The quantitative estimate of drug-likeness (QED) is 0.671. The van der Waals surface area contributed by atoms with Crippen LogP contribution in [0.4, 0.5) is 0 Å². The summed E-state index contributed by atoms with van der Waals surface area (Å²) in [5.74, 6) is -0.802. The third kappa shape index (κ3) is 1.45. The topological polar surface area (TPSA) is 83.6 Å². The molecule has 2 atom stereocenters. The standard InChI is InChI=1S/C10H12N2O3S/c1-2-3-5-4-16-9-6(11)8(13)12(9)7(5)10(14)15/h2-3,6,9H,4,11H2,1H3,(H,14,15). The molecule has 5 nitrogen and oxygen atoms in total. The second-order valence-electron chi connectivity index (χ2n) is 3.61. The molecule has 0 aromatic rings. The van der Waals surface area contributed by atoms with Crippen LogP contribution in [0.3, 0.4) is 0 Å². The van der Waals surface area contributed by atoms with Crippen LogP contribution in [-0.4, -0.2) is 39.1 Å². The van der Waals surface area contributed by atoms with Crippen molar-refractivity contribution in [3.8, 4) is 0 Å². The summed E-state index contributed by atoms with van der Waals surface area (Å²) in [6, 6.07) is -0.563.